The summed E-state index contributed by atoms with van der Waals surface area (Å²) in [4.78, 5) is 8.18. The van der Waals surface area contributed by atoms with E-state index < -0.39 is 23.5 Å². The van der Waals surface area contributed by atoms with E-state index in [0.29, 0.717) is 55.9 Å². The van der Waals surface area contributed by atoms with Gasteiger partial charge in [-0.2, -0.15) is 46.9 Å². The lowest BCUT2D eigenvalue weighted by Gasteiger charge is -2.23. The minimum Gasteiger partial charge on any atom is -0.177 e. The predicted molar refractivity (Wildman–Crippen MR) is 165 cm³/mol. The maximum absolute atomic E-state index is 13.4. The molecule has 0 aromatic heterocycles. The molecule has 0 heterocycles. The van der Waals surface area contributed by atoms with Crippen molar-refractivity contribution in [2.75, 3.05) is 0 Å². The van der Waals surface area contributed by atoms with Crippen LogP contribution in [0, 0.1) is 22.9 Å². The van der Waals surface area contributed by atoms with Gasteiger partial charge in [-0.25, -0.2) is 0 Å². The van der Waals surface area contributed by atoms with Crippen molar-refractivity contribution in [1.29, 1.82) is 10.5 Å². The molecule has 0 saturated heterocycles. The number of benzene rings is 5. The molecule has 0 fully saturated rings. The second-order valence-corrected chi connectivity index (χ2v) is 11.1. The van der Waals surface area contributed by atoms with Crippen LogP contribution in [0.3, 0.4) is 0 Å². The minimum absolute atomic E-state index is 0.262. The first-order valence-electron chi connectivity index (χ1n) is 14.2. The molecule has 0 amide bonds. The van der Waals surface area contributed by atoms with Crippen LogP contribution >= 0.6 is 0 Å². The maximum Gasteiger partial charge on any atom is 0.416 e. The van der Waals surface area contributed by atoms with Crippen molar-refractivity contribution >= 4 is 11.4 Å². The van der Waals surface area contributed by atoms with E-state index in [-0.39, 0.29) is 6.42 Å². The molecule has 5 aromatic rings. The second kappa shape index (κ2) is 10.8. The lowest BCUT2D eigenvalue weighted by atomic mass is 9.81. The molecule has 47 heavy (non-hydrogen) atoms. The Labute approximate surface area is 264 Å². The SMILES string of the molecule is N#CN=C1Cc2cc3c(cc2-c2ccc(-c4cccc(C(F)(F)F)c4)cc21)C(=NC#N)c1cc(-c2cccc(C(F)(F)F)c2)ccc1-3. The smallest absolute Gasteiger partial charge is 0.177 e. The maximum atomic E-state index is 13.4. The van der Waals surface area contributed by atoms with Crippen molar-refractivity contribution in [3.63, 3.8) is 0 Å². The van der Waals surface area contributed by atoms with Crippen LogP contribution in [0.1, 0.15) is 33.4 Å². The number of alkyl halides is 6. The molecule has 0 radical (unpaired) electrons. The third kappa shape index (κ3) is 5.14. The highest BCUT2D eigenvalue weighted by Crippen LogP contribution is 2.45. The zero-order chi connectivity index (χ0) is 33.1. The number of halogens is 6. The Bertz CT molecular complexity index is 2280. The van der Waals surface area contributed by atoms with E-state index in [0.717, 1.165) is 46.5 Å². The van der Waals surface area contributed by atoms with E-state index in [2.05, 4.69) is 9.98 Å². The van der Waals surface area contributed by atoms with Gasteiger partial charge >= 0.3 is 12.4 Å². The molecule has 0 bridgehead atoms. The second-order valence-electron chi connectivity index (χ2n) is 11.1. The topological polar surface area (TPSA) is 72.3 Å². The van der Waals surface area contributed by atoms with Gasteiger partial charge in [-0.05, 0) is 98.6 Å². The van der Waals surface area contributed by atoms with Gasteiger partial charge < -0.3 is 0 Å². The fraction of sp³-hybridized carbons (Fsp3) is 0.0811. The Morgan fingerprint density at radius 2 is 1.00 bits per heavy atom. The number of hydrogen-bond donors (Lipinski definition) is 0. The largest absolute Gasteiger partial charge is 0.416 e. The van der Waals surface area contributed by atoms with Gasteiger partial charge in [-0.3, -0.25) is 0 Å². The first-order valence-corrected chi connectivity index (χ1v) is 14.2. The van der Waals surface area contributed by atoms with Crippen molar-refractivity contribution in [1.82, 2.24) is 0 Å². The van der Waals surface area contributed by atoms with Crippen LogP contribution in [0.2, 0.25) is 0 Å². The van der Waals surface area contributed by atoms with Crippen LogP contribution in [-0.2, 0) is 18.8 Å². The molecule has 228 valence electrons. The average Bonchev–Trinajstić information content (AvgIpc) is 3.35. The van der Waals surface area contributed by atoms with Crippen LogP contribution in [-0.4, -0.2) is 11.4 Å². The fourth-order valence-corrected chi connectivity index (χ4v) is 6.31. The van der Waals surface area contributed by atoms with Gasteiger partial charge in [0.1, 0.15) is 0 Å². The van der Waals surface area contributed by atoms with Crippen molar-refractivity contribution < 1.29 is 26.3 Å². The van der Waals surface area contributed by atoms with E-state index in [9.17, 15) is 36.9 Å². The van der Waals surface area contributed by atoms with Gasteiger partial charge in [0.15, 0.2) is 0 Å². The summed E-state index contributed by atoms with van der Waals surface area (Å²) in [5.74, 6) is 0. The van der Waals surface area contributed by atoms with Gasteiger partial charge in [-0.1, -0.05) is 48.5 Å². The molecule has 7 rings (SSSR count). The van der Waals surface area contributed by atoms with Crippen molar-refractivity contribution in [3.8, 4) is 56.9 Å². The van der Waals surface area contributed by atoms with Gasteiger partial charge in [0.2, 0.25) is 12.4 Å². The lowest BCUT2D eigenvalue weighted by Crippen LogP contribution is -2.14. The highest BCUT2D eigenvalue weighted by molar-refractivity contribution is 6.26. The molecule has 2 aliphatic carbocycles. The highest BCUT2D eigenvalue weighted by Gasteiger charge is 2.33. The third-order valence-electron chi connectivity index (χ3n) is 8.44. The lowest BCUT2D eigenvalue weighted by molar-refractivity contribution is -0.138. The van der Waals surface area contributed by atoms with E-state index in [1.54, 1.807) is 48.5 Å². The number of hydrogen-bond acceptors (Lipinski definition) is 4. The summed E-state index contributed by atoms with van der Waals surface area (Å²) < 4.78 is 80.5. The summed E-state index contributed by atoms with van der Waals surface area (Å²) in [7, 11) is 0. The van der Waals surface area contributed by atoms with Crippen molar-refractivity contribution in [2.45, 2.75) is 18.8 Å². The van der Waals surface area contributed by atoms with Crippen LogP contribution < -0.4 is 0 Å². The van der Waals surface area contributed by atoms with Crippen molar-refractivity contribution in [3.05, 3.63) is 130 Å². The Kier molecular flexibility index (Phi) is 6.83. The quantitative estimate of drug-likeness (QED) is 0.141. The summed E-state index contributed by atoms with van der Waals surface area (Å²) in [5, 5.41) is 19.1. The predicted octanol–water partition coefficient (Wildman–Crippen LogP) is 9.85. The Hall–Kier alpha value is -6.00. The summed E-state index contributed by atoms with van der Waals surface area (Å²) in [6, 6.07) is 24.3. The van der Waals surface area contributed by atoms with Gasteiger partial charge in [-0.15, -0.1) is 0 Å². The number of nitrogens with zero attached hydrogens (tertiary/aromatic N) is 4. The molecule has 0 unspecified atom stereocenters. The molecule has 5 aromatic carbocycles. The first-order chi connectivity index (χ1) is 22.5. The minimum atomic E-state index is -4.51. The average molecular weight is 633 g/mol. The molecule has 4 nitrogen and oxygen atoms in total. The van der Waals surface area contributed by atoms with E-state index >= 15 is 0 Å². The summed E-state index contributed by atoms with van der Waals surface area (Å²) >= 11 is 0. The molecule has 0 N–H and O–H groups in total. The normalized spacial score (nSPS) is 15.0. The summed E-state index contributed by atoms with van der Waals surface area (Å²) in [6.45, 7) is 0. The van der Waals surface area contributed by atoms with Crippen LogP contribution in [0.25, 0.3) is 44.5 Å². The fourth-order valence-electron chi connectivity index (χ4n) is 6.31. The highest BCUT2D eigenvalue weighted by atomic mass is 19.4. The number of rotatable bonds is 2. The molecule has 0 atom stereocenters. The standard InChI is InChI=1S/C37H18F6N4/c38-36(39,40)25-5-1-3-20(11-25)22-7-9-27-29-17-33-30(15-24(29)16-34(46-18-44)31(27)13-22)28-10-8-23(14-32(28)35(33)47-19-45)21-4-2-6-26(12-21)37(41,42)43/h1-15,17H,16H2. The summed E-state index contributed by atoms with van der Waals surface area (Å²) in [5.41, 5.74) is 6.69. The zero-order valence-corrected chi connectivity index (χ0v) is 24.0. The molecule has 0 saturated carbocycles. The van der Waals surface area contributed by atoms with E-state index in [1.807, 2.05) is 24.5 Å². The van der Waals surface area contributed by atoms with Crippen molar-refractivity contribution in [2.24, 2.45) is 9.98 Å². The van der Waals surface area contributed by atoms with E-state index in [4.69, 9.17) is 0 Å². The van der Waals surface area contributed by atoms with Gasteiger partial charge in [0.05, 0.1) is 22.6 Å². The number of nitriles is 2. The first kappa shape index (κ1) is 29.7. The molecule has 0 spiro atoms. The van der Waals surface area contributed by atoms with Crippen LogP contribution in [0.4, 0.5) is 26.3 Å². The number of aliphatic imine (C=N–C) groups is 2. The molecular weight excluding hydrogens is 614 g/mol. The van der Waals surface area contributed by atoms with Crippen LogP contribution in [0.5, 0.6) is 0 Å². The molecule has 2 aliphatic rings. The number of fused-ring (bicyclic) bond motifs is 6. The Morgan fingerprint density at radius 3 is 1.55 bits per heavy atom. The van der Waals surface area contributed by atoms with Crippen LogP contribution in [0.15, 0.2) is 107 Å². The molecule has 0 aliphatic heterocycles. The third-order valence-corrected chi connectivity index (χ3v) is 8.44. The Balaban J connectivity index is 1.35. The zero-order valence-electron chi connectivity index (χ0n) is 24.0. The molecule has 10 heteroatoms. The Morgan fingerprint density at radius 1 is 0.489 bits per heavy atom. The van der Waals surface area contributed by atoms with Gasteiger partial charge in [0, 0.05) is 23.1 Å². The van der Waals surface area contributed by atoms with Gasteiger partial charge in [0.25, 0.3) is 0 Å². The van der Waals surface area contributed by atoms with E-state index in [1.165, 1.54) is 12.1 Å². The molecular formula is C37H18F6N4. The monoisotopic (exact) mass is 632 g/mol. The summed E-state index contributed by atoms with van der Waals surface area (Å²) in [6.07, 6.45) is -5.07.